The van der Waals surface area contributed by atoms with E-state index in [1.54, 1.807) is 6.66 Å². The predicted molar refractivity (Wildman–Crippen MR) is 37.9 cm³/mol. The molecule has 0 radical (unpaired) electrons. The summed E-state index contributed by atoms with van der Waals surface area (Å²) >= 11 is 0. The van der Waals surface area contributed by atoms with E-state index in [1.165, 1.54) is 12.8 Å². The van der Waals surface area contributed by atoms with Gasteiger partial charge in [-0.25, -0.2) is 0 Å². The Balaban J connectivity index is 2.82. The van der Waals surface area contributed by atoms with Crippen molar-refractivity contribution in [3.63, 3.8) is 0 Å². The molecule has 0 fully saturated rings. The van der Waals surface area contributed by atoms with Gasteiger partial charge in [-0.2, -0.15) is 0 Å². The van der Waals surface area contributed by atoms with Crippen molar-refractivity contribution in [3.8, 4) is 0 Å². The third kappa shape index (κ3) is 6.10. The Labute approximate surface area is 52.3 Å². The zero-order chi connectivity index (χ0) is 6.41. The molecule has 0 aliphatic carbocycles. The average Bonchev–Trinajstić information content (AvgIpc) is 1.66. The fourth-order valence-electron chi connectivity index (χ4n) is 0.584. The first-order valence-corrected chi connectivity index (χ1v) is 5.05. The zero-order valence-corrected chi connectivity index (χ0v) is 6.58. The summed E-state index contributed by atoms with van der Waals surface area (Å²) in [4.78, 5) is 0. The maximum absolute atomic E-state index is 10.5. The van der Waals surface area contributed by atoms with Gasteiger partial charge in [-0.05, 0) is 12.8 Å². The van der Waals surface area contributed by atoms with E-state index in [9.17, 15) is 4.57 Å². The van der Waals surface area contributed by atoms with E-state index in [0.717, 1.165) is 12.6 Å². The minimum atomic E-state index is -0.862. The van der Waals surface area contributed by atoms with Crippen molar-refractivity contribution in [2.75, 3.05) is 12.8 Å². The van der Waals surface area contributed by atoms with Crippen LogP contribution < -0.4 is 0 Å². The van der Waals surface area contributed by atoms with Gasteiger partial charge in [0.15, 0.2) is 0 Å². The number of hydrogen-bond donors (Lipinski definition) is 0. The molecule has 0 saturated carbocycles. The van der Waals surface area contributed by atoms with Crippen LogP contribution >= 0.6 is 7.80 Å². The molecule has 2 heteroatoms. The predicted octanol–water partition coefficient (Wildman–Crippen LogP) is 2.63. The van der Waals surface area contributed by atoms with Crippen molar-refractivity contribution < 1.29 is 4.57 Å². The third-order valence-electron chi connectivity index (χ3n) is 1.08. The first-order valence-electron chi connectivity index (χ1n) is 3.15. The third-order valence-corrected chi connectivity index (χ3v) is 2.02. The highest BCUT2D eigenvalue weighted by atomic mass is 31.1. The van der Waals surface area contributed by atoms with Crippen molar-refractivity contribution in [1.29, 1.82) is 0 Å². The highest BCUT2D eigenvalue weighted by Crippen LogP contribution is 2.15. The molecule has 8 heavy (non-hydrogen) atoms. The van der Waals surface area contributed by atoms with Crippen molar-refractivity contribution in [1.82, 2.24) is 0 Å². The van der Waals surface area contributed by atoms with Gasteiger partial charge in [0.2, 0.25) is 0 Å². The molecular weight excluding hydrogens is 119 g/mol. The van der Waals surface area contributed by atoms with Crippen LogP contribution in [-0.2, 0) is 4.57 Å². The van der Waals surface area contributed by atoms with E-state index in [0.29, 0.717) is 0 Å². The minimum Gasteiger partial charge on any atom is -0.0752 e. The van der Waals surface area contributed by atoms with E-state index in [4.69, 9.17) is 0 Å². The van der Waals surface area contributed by atoms with Crippen molar-refractivity contribution in [3.05, 3.63) is 0 Å². The molecule has 1 nitrogen and oxygen atoms in total. The van der Waals surface area contributed by atoms with Gasteiger partial charge in [0, 0.05) is 0 Å². The molecule has 0 heterocycles. The van der Waals surface area contributed by atoms with Crippen LogP contribution in [0.1, 0.15) is 26.2 Å². The van der Waals surface area contributed by atoms with Gasteiger partial charge in [-0.15, -0.1) is 0 Å². The first-order chi connectivity index (χ1) is 3.77. The van der Waals surface area contributed by atoms with E-state index >= 15 is 0 Å². The van der Waals surface area contributed by atoms with E-state index in [-0.39, 0.29) is 0 Å². The summed E-state index contributed by atoms with van der Waals surface area (Å²) in [7, 11) is -0.862. The summed E-state index contributed by atoms with van der Waals surface area (Å²) < 4.78 is 10.5. The SMILES string of the molecule is CCCCC[P+](C)=O. The summed E-state index contributed by atoms with van der Waals surface area (Å²) in [5.74, 6) is 0. The maximum atomic E-state index is 10.5. The Morgan fingerprint density at radius 2 is 2.00 bits per heavy atom. The Morgan fingerprint density at radius 3 is 2.38 bits per heavy atom. The largest absolute Gasteiger partial charge is 0.335 e. The molecule has 0 spiro atoms. The quantitative estimate of drug-likeness (QED) is 0.425. The Morgan fingerprint density at radius 1 is 1.38 bits per heavy atom. The van der Waals surface area contributed by atoms with Crippen LogP contribution in [0.15, 0.2) is 0 Å². The van der Waals surface area contributed by atoms with Crippen LogP contribution in [0, 0.1) is 0 Å². The molecule has 0 aromatic carbocycles. The lowest BCUT2D eigenvalue weighted by Crippen LogP contribution is -1.76. The second-order valence-corrected chi connectivity index (χ2v) is 3.76. The lowest BCUT2D eigenvalue weighted by molar-refractivity contribution is 0.588. The fourth-order valence-corrected chi connectivity index (χ4v) is 1.25. The summed E-state index contributed by atoms with van der Waals surface area (Å²) in [6.07, 6.45) is 4.52. The van der Waals surface area contributed by atoms with Gasteiger partial charge in [-0.1, -0.05) is 17.9 Å². The molecule has 1 atom stereocenters. The molecule has 48 valence electrons. The summed E-state index contributed by atoms with van der Waals surface area (Å²) in [5.41, 5.74) is 0. The number of unbranched alkanes of at least 4 members (excludes halogenated alkanes) is 2. The monoisotopic (exact) mass is 133 g/mol. The van der Waals surface area contributed by atoms with Gasteiger partial charge in [0.25, 0.3) is 0 Å². The average molecular weight is 133 g/mol. The lowest BCUT2D eigenvalue weighted by atomic mass is 10.3. The molecular formula is C6H14OP+. The van der Waals surface area contributed by atoms with Gasteiger partial charge in [0.05, 0.1) is 0 Å². The van der Waals surface area contributed by atoms with Crippen LogP contribution in [0.25, 0.3) is 0 Å². The van der Waals surface area contributed by atoms with Crippen LogP contribution in [-0.4, -0.2) is 12.8 Å². The molecule has 0 saturated heterocycles. The normalized spacial score (nSPS) is 11.5. The van der Waals surface area contributed by atoms with Crippen molar-refractivity contribution in [2.45, 2.75) is 26.2 Å². The Kier molecular flexibility index (Phi) is 5.31. The number of hydrogen-bond acceptors (Lipinski definition) is 1. The standard InChI is InChI=1S/C6H14OP/c1-3-4-5-6-8(2)7/h3-6H2,1-2H3/q+1. The summed E-state index contributed by atoms with van der Waals surface area (Å²) in [5, 5.41) is 0. The van der Waals surface area contributed by atoms with E-state index in [2.05, 4.69) is 6.92 Å². The van der Waals surface area contributed by atoms with Gasteiger partial charge in [0.1, 0.15) is 12.8 Å². The molecule has 0 amide bonds. The fraction of sp³-hybridized carbons (Fsp3) is 1.00. The van der Waals surface area contributed by atoms with Crippen molar-refractivity contribution >= 4 is 7.80 Å². The Bertz CT molecular complexity index is 70.9. The molecule has 0 bridgehead atoms. The second kappa shape index (κ2) is 5.24. The highest BCUT2D eigenvalue weighted by Gasteiger charge is 2.01. The van der Waals surface area contributed by atoms with Gasteiger partial charge in [-0.3, -0.25) is 0 Å². The first kappa shape index (κ1) is 8.10. The summed E-state index contributed by atoms with van der Waals surface area (Å²) in [6.45, 7) is 3.95. The van der Waals surface area contributed by atoms with Gasteiger partial charge >= 0.3 is 7.80 Å². The number of rotatable bonds is 4. The van der Waals surface area contributed by atoms with E-state index < -0.39 is 7.80 Å². The van der Waals surface area contributed by atoms with Crippen LogP contribution in [0.5, 0.6) is 0 Å². The van der Waals surface area contributed by atoms with Crippen LogP contribution in [0.2, 0.25) is 0 Å². The van der Waals surface area contributed by atoms with Crippen LogP contribution in [0.4, 0.5) is 0 Å². The molecule has 0 aromatic rings. The minimum absolute atomic E-state index is 0.862. The zero-order valence-electron chi connectivity index (χ0n) is 5.68. The maximum Gasteiger partial charge on any atom is 0.335 e. The summed E-state index contributed by atoms with van der Waals surface area (Å²) in [6, 6.07) is 0. The molecule has 0 N–H and O–H groups in total. The molecule has 0 aliphatic heterocycles. The van der Waals surface area contributed by atoms with Gasteiger partial charge < -0.3 is 0 Å². The smallest absolute Gasteiger partial charge is 0.0752 e. The van der Waals surface area contributed by atoms with Crippen LogP contribution in [0.3, 0.4) is 0 Å². The highest BCUT2D eigenvalue weighted by molar-refractivity contribution is 7.43. The Hall–Kier alpha value is 0.100. The second-order valence-electron chi connectivity index (χ2n) is 2.06. The molecule has 0 rings (SSSR count). The lowest BCUT2D eigenvalue weighted by Gasteiger charge is -1.84. The molecule has 1 unspecified atom stereocenters. The van der Waals surface area contributed by atoms with E-state index in [1.807, 2.05) is 0 Å². The molecule has 0 aromatic heterocycles. The molecule has 0 aliphatic rings. The van der Waals surface area contributed by atoms with Crippen molar-refractivity contribution in [2.24, 2.45) is 0 Å². The topological polar surface area (TPSA) is 17.1 Å².